The zero-order chi connectivity index (χ0) is 14.5. The Morgan fingerprint density at radius 1 is 1.20 bits per heavy atom. The maximum atomic E-state index is 11.3. The highest BCUT2D eigenvalue weighted by molar-refractivity contribution is 5.90. The van der Waals surface area contributed by atoms with E-state index in [1.165, 1.54) is 13.2 Å². The van der Waals surface area contributed by atoms with Gasteiger partial charge in [-0.15, -0.1) is 0 Å². The van der Waals surface area contributed by atoms with Crippen molar-refractivity contribution in [3.63, 3.8) is 0 Å². The SMILES string of the molecule is COC(=O)c1ccc(OCc2ccc(O)cc2)c(N)c1. The summed E-state index contributed by atoms with van der Waals surface area (Å²) in [5, 5.41) is 9.19. The Kier molecular flexibility index (Phi) is 4.10. The van der Waals surface area contributed by atoms with Gasteiger partial charge in [0.25, 0.3) is 0 Å². The molecule has 0 fully saturated rings. The number of nitrogens with two attached hydrogens (primary N) is 1. The van der Waals surface area contributed by atoms with Gasteiger partial charge in [0, 0.05) is 0 Å². The molecule has 104 valence electrons. The molecule has 0 aliphatic carbocycles. The highest BCUT2D eigenvalue weighted by atomic mass is 16.5. The van der Waals surface area contributed by atoms with Gasteiger partial charge in [-0.2, -0.15) is 0 Å². The van der Waals surface area contributed by atoms with Crippen LogP contribution in [0.25, 0.3) is 0 Å². The van der Waals surface area contributed by atoms with Crippen LogP contribution in [0.5, 0.6) is 11.5 Å². The molecule has 0 saturated heterocycles. The van der Waals surface area contributed by atoms with E-state index in [-0.39, 0.29) is 5.75 Å². The Labute approximate surface area is 116 Å². The fraction of sp³-hybridized carbons (Fsp3) is 0.133. The molecule has 0 radical (unpaired) electrons. The lowest BCUT2D eigenvalue weighted by molar-refractivity contribution is 0.0600. The highest BCUT2D eigenvalue weighted by Crippen LogP contribution is 2.24. The number of ether oxygens (including phenoxy) is 2. The molecule has 2 rings (SSSR count). The number of methoxy groups -OCH3 is 1. The normalized spacial score (nSPS) is 10.1. The fourth-order valence-electron chi connectivity index (χ4n) is 1.68. The standard InChI is InChI=1S/C15H15NO4/c1-19-15(18)11-4-7-14(13(16)8-11)20-9-10-2-5-12(17)6-3-10/h2-8,17H,9,16H2,1H3. The van der Waals surface area contributed by atoms with Gasteiger partial charge in [0.15, 0.2) is 0 Å². The molecule has 3 N–H and O–H groups in total. The Morgan fingerprint density at radius 3 is 2.50 bits per heavy atom. The number of rotatable bonds is 4. The molecule has 0 bridgehead atoms. The maximum Gasteiger partial charge on any atom is 0.337 e. The van der Waals surface area contributed by atoms with Crippen LogP contribution >= 0.6 is 0 Å². The summed E-state index contributed by atoms with van der Waals surface area (Å²) in [5.74, 6) is 0.253. The number of esters is 1. The number of carbonyl (C=O) groups is 1. The van der Waals surface area contributed by atoms with Gasteiger partial charge in [-0.1, -0.05) is 12.1 Å². The molecule has 0 saturated carbocycles. The van der Waals surface area contributed by atoms with Gasteiger partial charge in [0.1, 0.15) is 18.1 Å². The van der Waals surface area contributed by atoms with E-state index in [4.69, 9.17) is 10.5 Å². The van der Waals surface area contributed by atoms with Gasteiger partial charge >= 0.3 is 5.97 Å². The van der Waals surface area contributed by atoms with Crippen LogP contribution in [0.4, 0.5) is 5.69 Å². The summed E-state index contributed by atoms with van der Waals surface area (Å²) in [6.07, 6.45) is 0. The summed E-state index contributed by atoms with van der Waals surface area (Å²) >= 11 is 0. The van der Waals surface area contributed by atoms with Crippen LogP contribution in [-0.2, 0) is 11.3 Å². The molecular weight excluding hydrogens is 258 g/mol. The zero-order valence-corrected chi connectivity index (χ0v) is 11.0. The van der Waals surface area contributed by atoms with Crippen molar-refractivity contribution in [1.29, 1.82) is 0 Å². The van der Waals surface area contributed by atoms with Gasteiger partial charge in [-0.05, 0) is 35.9 Å². The summed E-state index contributed by atoms with van der Waals surface area (Å²) in [7, 11) is 1.31. The third-order valence-electron chi connectivity index (χ3n) is 2.76. The first-order valence-electron chi connectivity index (χ1n) is 5.98. The highest BCUT2D eigenvalue weighted by Gasteiger charge is 2.08. The van der Waals surface area contributed by atoms with Gasteiger partial charge in [-0.3, -0.25) is 0 Å². The summed E-state index contributed by atoms with van der Waals surface area (Å²) < 4.78 is 10.2. The van der Waals surface area contributed by atoms with Gasteiger partial charge in [0.05, 0.1) is 18.4 Å². The first-order chi connectivity index (χ1) is 9.60. The largest absolute Gasteiger partial charge is 0.508 e. The maximum absolute atomic E-state index is 11.3. The molecule has 0 aliphatic rings. The van der Waals surface area contributed by atoms with Crippen LogP contribution in [0, 0.1) is 0 Å². The number of benzene rings is 2. The minimum atomic E-state index is -0.443. The Morgan fingerprint density at radius 2 is 1.90 bits per heavy atom. The third kappa shape index (κ3) is 3.20. The van der Waals surface area contributed by atoms with Crippen molar-refractivity contribution in [2.45, 2.75) is 6.61 Å². The van der Waals surface area contributed by atoms with Gasteiger partial charge in [0.2, 0.25) is 0 Å². The predicted molar refractivity (Wildman–Crippen MR) is 74.6 cm³/mol. The minimum absolute atomic E-state index is 0.204. The van der Waals surface area contributed by atoms with E-state index < -0.39 is 5.97 Å². The van der Waals surface area contributed by atoms with E-state index in [9.17, 15) is 9.90 Å². The average Bonchev–Trinajstić information content (AvgIpc) is 2.46. The quantitative estimate of drug-likeness (QED) is 0.660. The van der Waals surface area contributed by atoms with Crippen molar-refractivity contribution in [2.24, 2.45) is 0 Å². The number of aromatic hydroxyl groups is 1. The van der Waals surface area contributed by atoms with Crippen molar-refractivity contribution in [3.8, 4) is 11.5 Å². The zero-order valence-electron chi connectivity index (χ0n) is 11.0. The van der Waals surface area contributed by atoms with Crippen molar-refractivity contribution in [2.75, 3.05) is 12.8 Å². The van der Waals surface area contributed by atoms with E-state index in [0.717, 1.165) is 5.56 Å². The van der Waals surface area contributed by atoms with E-state index in [1.54, 1.807) is 36.4 Å². The van der Waals surface area contributed by atoms with Crippen LogP contribution < -0.4 is 10.5 Å². The Balaban J connectivity index is 2.06. The van der Waals surface area contributed by atoms with Crippen molar-refractivity contribution >= 4 is 11.7 Å². The smallest absolute Gasteiger partial charge is 0.337 e. The predicted octanol–water partition coefficient (Wildman–Crippen LogP) is 2.34. The van der Waals surface area contributed by atoms with Crippen molar-refractivity contribution < 1.29 is 19.4 Å². The molecule has 0 atom stereocenters. The molecule has 0 unspecified atom stereocenters. The number of carbonyl (C=O) groups excluding carboxylic acids is 1. The van der Waals surface area contributed by atoms with Gasteiger partial charge < -0.3 is 20.3 Å². The fourth-order valence-corrected chi connectivity index (χ4v) is 1.68. The molecule has 0 heterocycles. The lowest BCUT2D eigenvalue weighted by atomic mass is 10.2. The number of anilines is 1. The second kappa shape index (κ2) is 5.97. The molecule has 0 amide bonds. The summed E-state index contributed by atoms with van der Waals surface area (Å²) in [6.45, 7) is 0.321. The third-order valence-corrected chi connectivity index (χ3v) is 2.76. The van der Waals surface area contributed by atoms with E-state index in [1.807, 2.05) is 0 Å². The molecule has 0 aliphatic heterocycles. The minimum Gasteiger partial charge on any atom is -0.508 e. The van der Waals surface area contributed by atoms with Crippen molar-refractivity contribution in [1.82, 2.24) is 0 Å². The summed E-state index contributed by atoms with van der Waals surface area (Å²) in [4.78, 5) is 11.3. The lowest BCUT2D eigenvalue weighted by Crippen LogP contribution is -2.04. The number of hydrogen-bond donors (Lipinski definition) is 2. The molecule has 20 heavy (non-hydrogen) atoms. The summed E-state index contributed by atoms with van der Waals surface area (Å²) in [6, 6.07) is 11.4. The number of nitrogen functional groups attached to an aromatic ring is 1. The first kappa shape index (κ1) is 13.7. The summed E-state index contributed by atoms with van der Waals surface area (Å²) in [5.41, 5.74) is 7.48. The van der Waals surface area contributed by atoms with E-state index in [2.05, 4.69) is 4.74 Å². The van der Waals surface area contributed by atoms with Crippen molar-refractivity contribution in [3.05, 3.63) is 53.6 Å². The van der Waals surface area contributed by atoms with Crippen LogP contribution in [0.1, 0.15) is 15.9 Å². The topological polar surface area (TPSA) is 81.8 Å². The monoisotopic (exact) mass is 273 g/mol. The molecule has 5 heteroatoms. The van der Waals surface area contributed by atoms with Gasteiger partial charge in [-0.25, -0.2) is 4.79 Å². The second-order valence-electron chi connectivity index (χ2n) is 4.20. The molecular formula is C15H15NO4. The second-order valence-corrected chi connectivity index (χ2v) is 4.20. The Bertz CT molecular complexity index is 608. The van der Waals surface area contributed by atoms with Crippen LogP contribution in [0.2, 0.25) is 0 Å². The van der Waals surface area contributed by atoms with E-state index in [0.29, 0.717) is 23.6 Å². The number of phenols is 1. The molecule has 5 nitrogen and oxygen atoms in total. The van der Waals surface area contributed by atoms with Crippen LogP contribution in [-0.4, -0.2) is 18.2 Å². The van der Waals surface area contributed by atoms with Crippen LogP contribution in [0.15, 0.2) is 42.5 Å². The average molecular weight is 273 g/mol. The molecule has 0 spiro atoms. The molecule has 0 aromatic heterocycles. The van der Waals surface area contributed by atoms with E-state index >= 15 is 0 Å². The molecule has 2 aromatic rings. The first-order valence-corrected chi connectivity index (χ1v) is 5.98. The Hall–Kier alpha value is -2.69. The lowest BCUT2D eigenvalue weighted by Gasteiger charge is -2.10. The number of phenolic OH excluding ortho intramolecular Hbond substituents is 1. The van der Waals surface area contributed by atoms with Crippen LogP contribution in [0.3, 0.4) is 0 Å². The number of hydrogen-bond acceptors (Lipinski definition) is 5. The molecule has 2 aromatic carbocycles.